The van der Waals surface area contributed by atoms with E-state index in [4.69, 9.17) is 5.73 Å². The second kappa shape index (κ2) is 6.08. The van der Waals surface area contributed by atoms with Crippen LogP contribution in [0.15, 0.2) is 0 Å². The van der Waals surface area contributed by atoms with Crippen LogP contribution in [0.25, 0.3) is 0 Å². The summed E-state index contributed by atoms with van der Waals surface area (Å²) in [5.74, 6) is 1.21. The van der Waals surface area contributed by atoms with E-state index < -0.39 is 10.2 Å². The normalized spacial score (nSPS) is 32.6. The molecule has 2 fully saturated rings. The van der Waals surface area contributed by atoms with Crippen molar-refractivity contribution in [1.29, 1.82) is 0 Å². The van der Waals surface area contributed by atoms with Crippen LogP contribution in [0.5, 0.6) is 0 Å². The van der Waals surface area contributed by atoms with Crippen molar-refractivity contribution in [2.45, 2.75) is 45.6 Å². The van der Waals surface area contributed by atoms with Gasteiger partial charge in [-0.3, -0.25) is 0 Å². The van der Waals surface area contributed by atoms with E-state index in [0.29, 0.717) is 38.0 Å². The number of rotatable bonds is 3. The summed E-state index contributed by atoms with van der Waals surface area (Å²) >= 11 is 0. The van der Waals surface area contributed by atoms with Gasteiger partial charge < -0.3 is 5.73 Å². The van der Waals surface area contributed by atoms with Gasteiger partial charge in [0.15, 0.2) is 0 Å². The van der Waals surface area contributed by atoms with Crippen LogP contribution < -0.4 is 5.73 Å². The maximum Gasteiger partial charge on any atom is 0.282 e. The lowest BCUT2D eigenvalue weighted by Crippen LogP contribution is -2.55. The van der Waals surface area contributed by atoms with Gasteiger partial charge in [-0.05, 0) is 37.5 Å². The molecule has 2 saturated heterocycles. The molecular formula is C13H27N3O2S. The van der Waals surface area contributed by atoms with Gasteiger partial charge in [-0.15, -0.1) is 0 Å². The second-order valence-corrected chi connectivity index (χ2v) is 8.10. The highest BCUT2D eigenvalue weighted by Gasteiger charge is 2.38. The summed E-state index contributed by atoms with van der Waals surface area (Å²) in [5.41, 5.74) is 5.78. The van der Waals surface area contributed by atoms with Crippen LogP contribution in [-0.4, -0.2) is 49.2 Å². The van der Waals surface area contributed by atoms with Crippen molar-refractivity contribution < 1.29 is 8.42 Å². The van der Waals surface area contributed by atoms with E-state index in [9.17, 15) is 8.42 Å². The van der Waals surface area contributed by atoms with Crippen molar-refractivity contribution in [3.05, 3.63) is 0 Å². The van der Waals surface area contributed by atoms with Crippen LogP contribution in [0, 0.1) is 11.8 Å². The van der Waals surface area contributed by atoms with Crippen molar-refractivity contribution in [3.8, 4) is 0 Å². The van der Waals surface area contributed by atoms with Crippen LogP contribution in [0.1, 0.15) is 39.5 Å². The standard InChI is InChI=1S/C13H27N3O2S/c1-11-3-6-15(7-4-11)19(17,18)16-8-5-12(2)9-13(16)10-14/h11-13H,3-10,14H2,1-2H3. The Hall–Kier alpha value is -0.170. The third-order valence-electron chi connectivity index (χ3n) is 4.56. The van der Waals surface area contributed by atoms with E-state index in [1.54, 1.807) is 8.61 Å². The first kappa shape index (κ1) is 15.2. The van der Waals surface area contributed by atoms with Gasteiger partial charge in [0.25, 0.3) is 10.2 Å². The van der Waals surface area contributed by atoms with Gasteiger partial charge in [0.05, 0.1) is 0 Å². The van der Waals surface area contributed by atoms with Crippen LogP contribution >= 0.6 is 0 Å². The largest absolute Gasteiger partial charge is 0.329 e. The van der Waals surface area contributed by atoms with Crippen molar-refractivity contribution in [2.24, 2.45) is 17.6 Å². The van der Waals surface area contributed by atoms with Crippen LogP contribution in [0.4, 0.5) is 0 Å². The molecule has 0 aromatic rings. The molecule has 2 atom stereocenters. The quantitative estimate of drug-likeness (QED) is 0.843. The average Bonchev–Trinajstić information content (AvgIpc) is 2.38. The zero-order valence-electron chi connectivity index (χ0n) is 12.1. The topological polar surface area (TPSA) is 66.6 Å². The smallest absolute Gasteiger partial charge is 0.282 e. The van der Waals surface area contributed by atoms with Gasteiger partial charge in [0, 0.05) is 32.2 Å². The first-order valence-corrected chi connectivity index (χ1v) is 8.81. The number of hydrogen-bond donors (Lipinski definition) is 1. The summed E-state index contributed by atoms with van der Waals surface area (Å²) in [4.78, 5) is 0. The highest BCUT2D eigenvalue weighted by atomic mass is 32.2. The summed E-state index contributed by atoms with van der Waals surface area (Å²) in [7, 11) is -3.31. The van der Waals surface area contributed by atoms with E-state index in [1.165, 1.54) is 0 Å². The lowest BCUT2D eigenvalue weighted by Gasteiger charge is -2.41. The number of nitrogens with two attached hydrogens (primary N) is 1. The molecule has 0 spiro atoms. The number of nitrogens with zero attached hydrogens (tertiary/aromatic N) is 2. The lowest BCUT2D eigenvalue weighted by molar-refractivity contribution is 0.187. The zero-order valence-corrected chi connectivity index (χ0v) is 12.9. The predicted octanol–water partition coefficient (Wildman–Crippen LogP) is 1.02. The van der Waals surface area contributed by atoms with Crippen molar-refractivity contribution in [3.63, 3.8) is 0 Å². The molecule has 0 saturated carbocycles. The summed E-state index contributed by atoms with van der Waals surface area (Å²) in [5, 5.41) is 0. The van der Waals surface area contributed by atoms with E-state index in [0.717, 1.165) is 25.7 Å². The number of piperidine rings is 2. The molecule has 2 aliphatic rings. The lowest BCUT2D eigenvalue weighted by atomic mass is 9.94. The van der Waals surface area contributed by atoms with Gasteiger partial charge in [0.2, 0.25) is 0 Å². The molecule has 0 aromatic heterocycles. The molecule has 0 radical (unpaired) electrons. The fourth-order valence-corrected chi connectivity index (χ4v) is 4.97. The van der Waals surface area contributed by atoms with Crippen molar-refractivity contribution in [1.82, 2.24) is 8.61 Å². The van der Waals surface area contributed by atoms with Gasteiger partial charge in [-0.2, -0.15) is 17.0 Å². The minimum atomic E-state index is -3.31. The Bertz CT molecular complexity index is 391. The fourth-order valence-electron chi connectivity index (χ4n) is 3.11. The third kappa shape index (κ3) is 3.29. The molecule has 0 bridgehead atoms. The number of hydrogen-bond acceptors (Lipinski definition) is 3. The minimum Gasteiger partial charge on any atom is -0.329 e. The van der Waals surface area contributed by atoms with Crippen LogP contribution in [-0.2, 0) is 10.2 Å². The highest BCUT2D eigenvalue weighted by Crippen LogP contribution is 2.28. The Balaban J connectivity index is 2.09. The first-order chi connectivity index (χ1) is 8.95. The summed E-state index contributed by atoms with van der Waals surface area (Å²) in [6.45, 7) is 6.73. The van der Waals surface area contributed by atoms with E-state index in [2.05, 4.69) is 13.8 Å². The van der Waals surface area contributed by atoms with Gasteiger partial charge in [-0.1, -0.05) is 13.8 Å². The molecule has 19 heavy (non-hydrogen) atoms. The molecule has 2 heterocycles. The van der Waals surface area contributed by atoms with Crippen molar-refractivity contribution >= 4 is 10.2 Å². The molecule has 0 aliphatic carbocycles. The molecule has 6 heteroatoms. The summed E-state index contributed by atoms with van der Waals surface area (Å²) in [6.07, 6.45) is 3.77. The van der Waals surface area contributed by atoms with Crippen molar-refractivity contribution in [2.75, 3.05) is 26.2 Å². The second-order valence-electron chi connectivity index (χ2n) is 6.22. The zero-order chi connectivity index (χ0) is 14.0. The Kier molecular flexibility index (Phi) is 4.87. The Morgan fingerprint density at radius 1 is 1.05 bits per heavy atom. The maximum atomic E-state index is 12.7. The molecule has 112 valence electrons. The molecule has 2 N–H and O–H groups in total. The van der Waals surface area contributed by atoms with E-state index >= 15 is 0 Å². The summed E-state index contributed by atoms with van der Waals surface area (Å²) in [6, 6.07) is -0.0203. The van der Waals surface area contributed by atoms with Gasteiger partial charge >= 0.3 is 0 Å². The van der Waals surface area contributed by atoms with Gasteiger partial charge in [0.1, 0.15) is 0 Å². The molecular weight excluding hydrogens is 262 g/mol. The van der Waals surface area contributed by atoms with Gasteiger partial charge in [-0.25, -0.2) is 0 Å². The highest BCUT2D eigenvalue weighted by molar-refractivity contribution is 7.86. The average molecular weight is 289 g/mol. The third-order valence-corrected chi connectivity index (χ3v) is 6.65. The molecule has 2 unspecified atom stereocenters. The SMILES string of the molecule is CC1CCN(S(=O)(=O)N2CCC(C)CC2CN)CC1. The molecule has 5 nitrogen and oxygen atoms in total. The molecule has 2 rings (SSSR count). The molecule has 0 aromatic carbocycles. The Morgan fingerprint density at radius 3 is 2.21 bits per heavy atom. The maximum absolute atomic E-state index is 12.7. The molecule has 0 amide bonds. The summed E-state index contributed by atoms with van der Waals surface area (Å²) < 4.78 is 28.8. The Labute approximate surface area is 117 Å². The van der Waals surface area contributed by atoms with Crippen LogP contribution in [0.2, 0.25) is 0 Å². The minimum absolute atomic E-state index is 0.0203. The first-order valence-electron chi connectivity index (χ1n) is 7.42. The predicted molar refractivity (Wildman–Crippen MR) is 76.8 cm³/mol. The molecule has 2 aliphatic heterocycles. The Morgan fingerprint density at radius 2 is 1.63 bits per heavy atom. The van der Waals surface area contributed by atoms with E-state index in [-0.39, 0.29) is 6.04 Å². The monoisotopic (exact) mass is 289 g/mol. The van der Waals surface area contributed by atoms with E-state index in [1.807, 2.05) is 0 Å². The fraction of sp³-hybridized carbons (Fsp3) is 1.00. The van der Waals surface area contributed by atoms with Crippen LogP contribution in [0.3, 0.4) is 0 Å².